The Morgan fingerprint density at radius 1 is 1.07 bits per heavy atom. The number of likely N-dealkylation sites (tertiary alicyclic amines) is 1. The summed E-state index contributed by atoms with van der Waals surface area (Å²) >= 11 is 0. The number of hydrogen-bond acceptors (Lipinski definition) is 5. The Bertz CT molecular complexity index is 1040. The van der Waals surface area contributed by atoms with Gasteiger partial charge in [-0.1, -0.05) is 38.1 Å². The number of ether oxygens (including phenoxy) is 1. The molecule has 0 radical (unpaired) electrons. The van der Waals surface area contributed by atoms with Crippen molar-refractivity contribution in [2.75, 3.05) is 13.6 Å². The summed E-state index contributed by atoms with van der Waals surface area (Å²) in [4.78, 5) is 2.38. The summed E-state index contributed by atoms with van der Waals surface area (Å²) in [6, 6.07) is 12.7. The number of rotatable bonds is 3. The highest BCUT2D eigenvalue weighted by Gasteiger charge is 2.38. The zero-order chi connectivity index (χ0) is 20.2. The predicted octanol–water partition coefficient (Wildman–Crippen LogP) is 4.05. The second kappa shape index (κ2) is 6.82. The minimum absolute atomic E-state index is 0.0245. The van der Waals surface area contributed by atoms with Crippen molar-refractivity contribution in [3.8, 4) is 5.75 Å². The van der Waals surface area contributed by atoms with E-state index in [1.54, 1.807) is 0 Å². The van der Waals surface area contributed by atoms with Gasteiger partial charge in [0.05, 0.1) is 12.2 Å². The lowest BCUT2D eigenvalue weighted by atomic mass is 9.86. The van der Waals surface area contributed by atoms with E-state index in [9.17, 15) is 0 Å². The molecule has 152 valence electrons. The zero-order valence-electron chi connectivity index (χ0n) is 17.4. The molecule has 1 saturated heterocycles. The summed E-state index contributed by atoms with van der Waals surface area (Å²) < 4.78 is 8.54. The molecule has 0 unspecified atom stereocenters. The molecule has 6 heteroatoms. The first-order valence-electron chi connectivity index (χ1n) is 10.5. The molecule has 0 saturated carbocycles. The van der Waals surface area contributed by atoms with Crippen LogP contribution in [-0.4, -0.2) is 33.1 Å². The Kier molecular flexibility index (Phi) is 4.37. The van der Waals surface area contributed by atoms with Crippen molar-refractivity contribution in [2.24, 2.45) is 11.1 Å². The quantitative estimate of drug-likeness (QED) is 0.730. The Hall–Kier alpha value is -2.44. The lowest BCUT2D eigenvalue weighted by Gasteiger charge is -2.30. The average Bonchev–Trinajstić information content (AvgIpc) is 3.23. The van der Waals surface area contributed by atoms with Gasteiger partial charge in [-0.2, -0.15) is 0 Å². The molecule has 2 N–H and O–H groups in total. The molecule has 0 spiro atoms. The van der Waals surface area contributed by atoms with Crippen molar-refractivity contribution in [2.45, 2.75) is 51.3 Å². The molecule has 1 fully saturated rings. The van der Waals surface area contributed by atoms with Crippen LogP contribution in [0, 0.1) is 5.41 Å². The summed E-state index contributed by atoms with van der Waals surface area (Å²) in [6.07, 6.45) is 5.00. The Balaban J connectivity index is 1.46. The first-order chi connectivity index (χ1) is 13.9. The van der Waals surface area contributed by atoms with E-state index in [4.69, 9.17) is 10.5 Å². The molecular weight excluding hydrogens is 362 g/mol. The molecule has 3 atom stereocenters. The van der Waals surface area contributed by atoms with Gasteiger partial charge < -0.3 is 10.5 Å². The molecular formula is C23H29N5O. The van der Waals surface area contributed by atoms with Crippen molar-refractivity contribution in [3.05, 3.63) is 59.5 Å². The van der Waals surface area contributed by atoms with E-state index in [1.165, 1.54) is 11.1 Å². The van der Waals surface area contributed by atoms with Crippen molar-refractivity contribution in [1.29, 1.82) is 0 Å². The van der Waals surface area contributed by atoms with Crippen LogP contribution >= 0.6 is 0 Å². The number of hydrogen-bond donors (Lipinski definition) is 1. The summed E-state index contributed by atoms with van der Waals surface area (Å²) in [5, 5.41) is 8.92. The van der Waals surface area contributed by atoms with Crippen LogP contribution in [-0.2, 0) is 0 Å². The number of nitrogens with two attached hydrogens (primary N) is 1. The Morgan fingerprint density at radius 2 is 1.86 bits per heavy atom. The molecule has 3 aromatic rings. The highest BCUT2D eigenvalue weighted by Crippen LogP contribution is 2.41. The molecule has 1 aromatic carbocycles. The van der Waals surface area contributed by atoms with Gasteiger partial charge in [-0.05, 0) is 55.0 Å². The van der Waals surface area contributed by atoms with Gasteiger partial charge >= 0.3 is 0 Å². The number of aromatic nitrogens is 3. The molecule has 6 nitrogen and oxygen atoms in total. The van der Waals surface area contributed by atoms with Gasteiger partial charge in [0, 0.05) is 12.6 Å². The number of fused-ring (bicyclic) bond motifs is 2. The lowest BCUT2D eigenvalue weighted by Crippen LogP contribution is -2.23. The summed E-state index contributed by atoms with van der Waals surface area (Å²) in [6.45, 7) is 5.68. The third-order valence-corrected chi connectivity index (χ3v) is 6.42. The van der Waals surface area contributed by atoms with E-state index in [1.807, 2.05) is 18.3 Å². The molecule has 29 heavy (non-hydrogen) atoms. The SMILES string of the molecule is CN1CC(C)(C)C[C@H]1c1nnc2ccc(O[C@@H]3CC[C@H](N)c4ccccc43)cn12. The molecule has 0 amide bonds. The van der Waals surface area contributed by atoms with Crippen molar-refractivity contribution < 1.29 is 4.74 Å². The van der Waals surface area contributed by atoms with E-state index >= 15 is 0 Å². The Labute approximate surface area is 171 Å². The topological polar surface area (TPSA) is 68.7 Å². The predicted molar refractivity (Wildman–Crippen MR) is 113 cm³/mol. The minimum atomic E-state index is 0.0245. The Morgan fingerprint density at radius 3 is 2.62 bits per heavy atom. The number of nitrogens with zero attached hydrogens (tertiary/aromatic N) is 4. The molecule has 1 aliphatic heterocycles. The standard InChI is InChI=1S/C23H29N5O/c1-23(2)12-19(27(3)14-23)22-26-25-21-11-8-15(13-28(21)22)29-20-10-9-18(24)16-6-4-5-7-17(16)20/h4-8,11,13,18-20H,9-10,12,14,24H2,1-3H3/t18-,19-,20+/m0/s1. The second-order valence-electron chi connectivity index (χ2n) is 9.37. The van der Waals surface area contributed by atoms with Gasteiger partial charge in [0.25, 0.3) is 0 Å². The van der Waals surface area contributed by atoms with Crippen LogP contribution in [0.15, 0.2) is 42.6 Å². The molecule has 5 rings (SSSR count). The molecule has 0 bridgehead atoms. The van der Waals surface area contributed by atoms with Crippen LogP contribution < -0.4 is 10.5 Å². The first-order valence-corrected chi connectivity index (χ1v) is 10.5. The number of benzene rings is 1. The van der Waals surface area contributed by atoms with Gasteiger partial charge in [0.1, 0.15) is 11.9 Å². The summed E-state index contributed by atoms with van der Waals surface area (Å²) in [5.74, 6) is 1.83. The fourth-order valence-corrected chi connectivity index (χ4v) is 5.07. The monoisotopic (exact) mass is 391 g/mol. The van der Waals surface area contributed by atoms with Gasteiger partial charge in [-0.25, -0.2) is 0 Å². The third-order valence-electron chi connectivity index (χ3n) is 6.42. The first kappa shape index (κ1) is 18.6. The molecule has 2 aliphatic rings. The fourth-order valence-electron chi connectivity index (χ4n) is 5.07. The lowest BCUT2D eigenvalue weighted by molar-refractivity contribution is 0.176. The highest BCUT2D eigenvalue weighted by atomic mass is 16.5. The van der Waals surface area contributed by atoms with E-state index in [0.29, 0.717) is 0 Å². The summed E-state index contributed by atoms with van der Waals surface area (Å²) in [7, 11) is 2.17. The van der Waals surface area contributed by atoms with E-state index in [2.05, 4.69) is 64.7 Å². The molecule has 1 aliphatic carbocycles. The van der Waals surface area contributed by atoms with Crippen LogP contribution in [0.4, 0.5) is 0 Å². The zero-order valence-corrected chi connectivity index (χ0v) is 17.4. The van der Waals surface area contributed by atoms with Crippen molar-refractivity contribution in [3.63, 3.8) is 0 Å². The van der Waals surface area contributed by atoms with Crippen LogP contribution in [0.1, 0.15) is 68.2 Å². The van der Waals surface area contributed by atoms with E-state index in [-0.39, 0.29) is 23.6 Å². The van der Waals surface area contributed by atoms with Gasteiger partial charge in [-0.3, -0.25) is 9.30 Å². The van der Waals surface area contributed by atoms with Gasteiger partial charge in [-0.15, -0.1) is 10.2 Å². The fraction of sp³-hybridized carbons (Fsp3) is 0.478. The third kappa shape index (κ3) is 3.30. The summed E-state index contributed by atoms with van der Waals surface area (Å²) in [5.41, 5.74) is 9.85. The van der Waals surface area contributed by atoms with Gasteiger partial charge in [0.15, 0.2) is 11.5 Å². The van der Waals surface area contributed by atoms with Crippen LogP contribution in [0.2, 0.25) is 0 Å². The van der Waals surface area contributed by atoms with Crippen molar-refractivity contribution in [1.82, 2.24) is 19.5 Å². The maximum atomic E-state index is 6.45. The minimum Gasteiger partial charge on any atom is -0.484 e. The molecule has 3 heterocycles. The molecule has 2 aromatic heterocycles. The maximum Gasteiger partial charge on any atom is 0.161 e. The van der Waals surface area contributed by atoms with Crippen LogP contribution in [0.25, 0.3) is 5.65 Å². The second-order valence-corrected chi connectivity index (χ2v) is 9.37. The van der Waals surface area contributed by atoms with Gasteiger partial charge in [0.2, 0.25) is 0 Å². The van der Waals surface area contributed by atoms with E-state index < -0.39 is 0 Å². The number of pyridine rings is 1. The smallest absolute Gasteiger partial charge is 0.161 e. The largest absolute Gasteiger partial charge is 0.484 e. The average molecular weight is 392 g/mol. The normalized spacial score (nSPS) is 26.6. The van der Waals surface area contributed by atoms with E-state index in [0.717, 1.165) is 43.0 Å². The van der Waals surface area contributed by atoms with Crippen LogP contribution in [0.5, 0.6) is 5.75 Å². The van der Waals surface area contributed by atoms with Crippen LogP contribution in [0.3, 0.4) is 0 Å². The maximum absolute atomic E-state index is 6.45. The van der Waals surface area contributed by atoms with Crippen molar-refractivity contribution >= 4 is 5.65 Å². The highest BCUT2D eigenvalue weighted by molar-refractivity contribution is 5.43.